The van der Waals surface area contributed by atoms with Crippen molar-refractivity contribution in [2.24, 2.45) is 0 Å². The topological polar surface area (TPSA) is 86.8 Å². The number of nitrogens with one attached hydrogen (secondary N) is 1. The van der Waals surface area contributed by atoms with Crippen molar-refractivity contribution in [2.45, 2.75) is 51.5 Å². The predicted octanol–water partition coefficient (Wildman–Crippen LogP) is 5.17. The van der Waals surface area contributed by atoms with Crippen molar-refractivity contribution >= 4 is 27.5 Å². The first-order chi connectivity index (χ1) is 19.5. The number of carbonyl (C=O) groups excluding carboxylic acids is 2. The number of benzene rings is 3. The molecule has 2 amide bonds. The van der Waals surface area contributed by atoms with E-state index in [0.29, 0.717) is 15.9 Å². The van der Waals surface area contributed by atoms with Gasteiger partial charge in [0.2, 0.25) is 21.8 Å². The number of hydrogen-bond donors (Lipinski definition) is 1. The molecule has 1 N–H and O–H groups in total. The van der Waals surface area contributed by atoms with Crippen LogP contribution in [-0.4, -0.2) is 49.5 Å². The number of rotatable bonds is 10. The maximum atomic E-state index is 14.8. The molecule has 7 nitrogen and oxygen atoms in total. The Kier molecular flexibility index (Phi) is 10.0. The van der Waals surface area contributed by atoms with Gasteiger partial charge in [-0.3, -0.25) is 13.9 Å². The van der Waals surface area contributed by atoms with Gasteiger partial charge in [-0.15, -0.1) is 0 Å². The summed E-state index contributed by atoms with van der Waals surface area (Å²) >= 11 is 0. The molecule has 3 aromatic carbocycles. The lowest BCUT2D eigenvalue weighted by atomic mass is 10.0. The molecule has 3 rings (SSSR count). The Balaban J connectivity index is 2.11. The van der Waals surface area contributed by atoms with Crippen LogP contribution in [0.3, 0.4) is 0 Å². The minimum Gasteiger partial charge on any atom is -0.350 e. The van der Waals surface area contributed by atoms with Crippen molar-refractivity contribution in [3.8, 4) is 0 Å². The highest BCUT2D eigenvalue weighted by molar-refractivity contribution is 7.92. The van der Waals surface area contributed by atoms with Gasteiger partial charge in [0.25, 0.3) is 0 Å². The van der Waals surface area contributed by atoms with Crippen LogP contribution in [0.5, 0.6) is 0 Å². The van der Waals surface area contributed by atoms with Gasteiger partial charge in [0.1, 0.15) is 18.4 Å². The van der Waals surface area contributed by atoms with Gasteiger partial charge < -0.3 is 10.2 Å². The van der Waals surface area contributed by atoms with Crippen LogP contribution in [0, 0.1) is 5.82 Å². The largest absolute Gasteiger partial charge is 0.416 e. The first-order valence-corrected chi connectivity index (χ1v) is 14.8. The number of hydrogen-bond acceptors (Lipinski definition) is 4. The molecule has 0 unspecified atom stereocenters. The highest BCUT2D eigenvalue weighted by Gasteiger charge is 2.36. The smallest absolute Gasteiger partial charge is 0.350 e. The van der Waals surface area contributed by atoms with Gasteiger partial charge in [0.15, 0.2) is 0 Å². The lowest BCUT2D eigenvalue weighted by Gasteiger charge is -2.35. The van der Waals surface area contributed by atoms with E-state index >= 15 is 0 Å². The summed E-state index contributed by atoms with van der Waals surface area (Å²) in [6, 6.07) is 16.7. The monoisotopic (exact) mass is 607 g/mol. The van der Waals surface area contributed by atoms with Gasteiger partial charge in [-0.2, -0.15) is 13.2 Å². The second-order valence-corrected chi connectivity index (χ2v) is 12.8. The van der Waals surface area contributed by atoms with Crippen LogP contribution in [0.15, 0.2) is 78.9 Å². The second-order valence-electron chi connectivity index (χ2n) is 10.9. The predicted molar refractivity (Wildman–Crippen MR) is 152 cm³/mol. The van der Waals surface area contributed by atoms with E-state index in [9.17, 15) is 35.6 Å². The van der Waals surface area contributed by atoms with Crippen LogP contribution in [-0.2, 0) is 38.8 Å². The van der Waals surface area contributed by atoms with Gasteiger partial charge in [-0.05, 0) is 50.6 Å². The summed E-state index contributed by atoms with van der Waals surface area (Å²) in [6.45, 7) is 3.90. The van der Waals surface area contributed by atoms with Crippen LogP contribution in [0.2, 0.25) is 0 Å². The molecular weight excluding hydrogens is 574 g/mol. The minimum absolute atomic E-state index is 0.00534. The lowest BCUT2D eigenvalue weighted by Crippen LogP contribution is -2.56. The Morgan fingerprint density at radius 2 is 1.52 bits per heavy atom. The summed E-state index contributed by atoms with van der Waals surface area (Å²) in [5.74, 6) is -2.13. The fourth-order valence-corrected chi connectivity index (χ4v) is 5.11. The third-order valence-electron chi connectivity index (χ3n) is 6.21. The van der Waals surface area contributed by atoms with E-state index in [0.717, 1.165) is 29.4 Å². The van der Waals surface area contributed by atoms with E-state index in [2.05, 4.69) is 5.32 Å². The lowest BCUT2D eigenvalue weighted by molar-refractivity contribution is -0.140. The minimum atomic E-state index is -4.76. The molecule has 0 saturated heterocycles. The number of amides is 2. The van der Waals surface area contributed by atoms with E-state index in [1.54, 1.807) is 57.2 Å². The van der Waals surface area contributed by atoms with E-state index in [4.69, 9.17) is 0 Å². The van der Waals surface area contributed by atoms with E-state index < -0.39 is 64.1 Å². The van der Waals surface area contributed by atoms with Crippen LogP contribution in [0.1, 0.15) is 37.5 Å². The third kappa shape index (κ3) is 9.04. The maximum absolute atomic E-state index is 14.8. The van der Waals surface area contributed by atoms with E-state index in [1.165, 1.54) is 18.2 Å². The molecule has 0 aliphatic rings. The Morgan fingerprint density at radius 1 is 0.905 bits per heavy atom. The molecule has 0 fully saturated rings. The van der Waals surface area contributed by atoms with Crippen molar-refractivity contribution < 1.29 is 35.6 Å². The Hall–Kier alpha value is -3.93. The summed E-state index contributed by atoms with van der Waals surface area (Å²) in [6.07, 6.45) is -3.99. The van der Waals surface area contributed by atoms with Crippen molar-refractivity contribution in [3.05, 3.63) is 101 Å². The van der Waals surface area contributed by atoms with Gasteiger partial charge >= 0.3 is 6.18 Å². The van der Waals surface area contributed by atoms with Gasteiger partial charge in [-0.1, -0.05) is 54.6 Å². The summed E-state index contributed by atoms with van der Waals surface area (Å²) in [5, 5.41) is 2.83. The van der Waals surface area contributed by atoms with E-state index in [-0.39, 0.29) is 17.7 Å². The molecule has 0 aromatic heterocycles. The van der Waals surface area contributed by atoms with Crippen molar-refractivity contribution in [3.63, 3.8) is 0 Å². The van der Waals surface area contributed by atoms with Crippen LogP contribution < -0.4 is 9.62 Å². The zero-order valence-electron chi connectivity index (χ0n) is 23.7. The van der Waals surface area contributed by atoms with Crippen molar-refractivity contribution in [2.75, 3.05) is 17.1 Å². The average molecular weight is 608 g/mol. The summed E-state index contributed by atoms with van der Waals surface area (Å²) < 4.78 is 81.1. The molecule has 0 spiro atoms. The molecule has 1 atom stereocenters. The normalized spacial score (nSPS) is 12.9. The highest BCUT2D eigenvalue weighted by Crippen LogP contribution is 2.32. The fourth-order valence-electron chi connectivity index (χ4n) is 4.27. The third-order valence-corrected chi connectivity index (χ3v) is 7.35. The number of sulfonamides is 1. The number of anilines is 1. The summed E-state index contributed by atoms with van der Waals surface area (Å²) in [4.78, 5) is 28.7. The van der Waals surface area contributed by atoms with Crippen molar-refractivity contribution in [1.82, 2.24) is 10.2 Å². The van der Waals surface area contributed by atoms with Crippen molar-refractivity contribution in [1.29, 1.82) is 0 Å². The van der Waals surface area contributed by atoms with Gasteiger partial charge in [0, 0.05) is 24.1 Å². The Morgan fingerprint density at radius 3 is 2.10 bits per heavy atom. The average Bonchev–Trinajstić information content (AvgIpc) is 2.88. The van der Waals surface area contributed by atoms with Gasteiger partial charge in [-0.25, -0.2) is 12.8 Å². The van der Waals surface area contributed by atoms with Crippen LogP contribution in [0.25, 0.3) is 0 Å². The van der Waals surface area contributed by atoms with Crippen LogP contribution in [0.4, 0.5) is 23.2 Å². The Bertz CT molecular complexity index is 1510. The summed E-state index contributed by atoms with van der Waals surface area (Å²) in [7, 11) is -4.28. The van der Waals surface area contributed by atoms with E-state index in [1.807, 2.05) is 0 Å². The first-order valence-electron chi connectivity index (χ1n) is 13.0. The molecule has 12 heteroatoms. The summed E-state index contributed by atoms with van der Waals surface area (Å²) in [5.41, 5.74) is -1.45. The standard InChI is InChI=1S/C30H33F4N3O4S/c1-29(2,3)35-28(39)26(17-21-11-6-5-7-12-21)36(19-22-13-8-9-16-25(22)31)27(38)20-37(42(4,40)41)24-15-10-14-23(18-24)30(32,33)34/h5-16,18,26H,17,19-20H2,1-4H3,(H,35,39)/t26-/m1/s1. The number of alkyl halides is 3. The molecule has 0 saturated carbocycles. The quantitative estimate of drug-likeness (QED) is 0.323. The SMILES string of the molecule is CC(C)(C)NC(=O)[C@@H](Cc1ccccc1)N(Cc1ccccc1F)C(=O)CN(c1cccc(C(F)(F)F)c1)S(C)(=O)=O. The highest BCUT2D eigenvalue weighted by atomic mass is 32.2. The van der Waals surface area contributed by atoms with Crippen LogP contribution >= 0.6 is 0 Å². The number of halogens is 4. The van der Waals surface area contributed by atoms with Gasteiger partial charge in [0.05, 0.1) is 17.5 Å². The molecule has 0 aliphatic carbocycles. The molecule has 226 valence electrons. The molecule has 0 radical (unpaired) electrons. The number of carbonyl (C=O) groups is 2. The molecule has 42 heavy (non-hydrogen) atoms. The molecular formula is C30H33F4N3O4S. The molecule has 0 heterocycles. The molecule has 3 aromatic rings. The first kappa shape index (κ1) is 32.6. The molecule has 0 bridgehead atoms. The molecule has 0 aliphatic heterocycles. The maximum Gasteiger partial charge on any atom is 0.416 e. The zero-order chi connectivity index (χ0) is 31.3. The Labute approximate surface area is 243 Å². The number of nitrogens with zero attached hydrogens (tertiary/aromatic N) is 2. The zero-order valence-corrected chi connectivity index (χ0v) is 24.5. The fraction of sp³-hybridized carbons (Fsp3) is 0.333. The second kappa shape index (κ2) is 12.9.